The van der Waals surface area contributed by atoms with Gasteiger partial charge >= 0.3 is 0 Å². The van der Waals surface area contributed by atoms with Crippen LogP contribution in [0.2, 0.25) is 0 Å². The molecule has 2 aromatic heterocycles. The summed E-state index contributed by atoms with van der Waals surface area (Å²) < 4.78 is 0. The Morgan fingerprint density at radius 1 is 1.29 bits per heavy atom. The van der Waals surface area contributed by atoms with E-state index in [-0.39, 0.29) is 0 Å². The van der Waals surface area contributed by atoms with Crippen LogP contribution in [-0.2, 0) is 13.0 Å². The second kappa shape index (κ2) is 5.94. The fourth-order valence-electron chi connectivity index (χ4n) is 2.37. The fourth-order valence-corrected chi connectivity index (χ4v) is 3.28. The highest BCUT2D eigenvalue weighted by molar-refractivity contribution is 7.10. The second-order valence-corrected chi connectivity index (χ2v) is 5.76. The topological polar surface area (TPSA) is 48.7 Å². The lowest BCUT2D eigenvalue weighted by atomic mass is 10.1. The quantitative estimate of drug-likeness (QED) is 0.778. The monoisotopic (exact) mass is 293 g/mol. The molecule has 0 saturated carbocycles. The smallest absolute Gasteiger partial charge is 0.128 e. The number of aromatic nitrogens is 1. The lowest BCUT2D eigenvalue weighted by Crippen LogP contribution is -2.02. The van der Waals surface area contributed by atoms with Crippen molar-refractivity contribution in [1.82, 2.24) is 4.98 Å². The maximum atomic E-state index is 9.29. The molecule has 4 heteroatoms. The number of hydrogen-bond acceptors (Lipinski definition) is 4. The van der Waals surface area contributed by atoms with Crippen molar-refractivity contribution in [3.05, 3.63) is 57.8 Å². The predicted octanol–water partition coefficient (Wildman–Crippen LogP) is 4.34. The minimum atomic E-state index is 0.657. The average Bonchev–Trinajstić information content (AvgIpc) is 2.99. The van der Waals surface area contributed by atoms with Crippen LogP contribution >= 0.6 is 11.3 Å². The van der Waals surface area contributed by atoms with Crippen LogP contribution < -0.4 is 5.32 Å². The van der Waals surface area contributed by atoms with Crippen molar-refractivity contribution in [3.8, 4) is 6.07 Å². The summed E-state index contributed by atoms with van der Waals surface area (Å²) in [6, 6.07) is 14.0. The highest BCUT2D eigenvalue weighted by Gasteiger charge is 2.06. The second-order valence-electron chi connectivity index (χ2n) is 4.76. The van der Waals surface area contributed by atoms with Gasteiger partial charge in [-0.15, -0.1) is 11.3 Å². The number of hydrogen-bond donors (Lipinski definition) is 1. The van der Waals surface area contributed by atoms with Crippen LogP contribution in [0.25, 0.3) is 10.9 Å². The zero-order valence-electron chi connectivity index (χ0n) is 11.8. The molecule has 0 atom stereocenters. The van der Waals surface area contributed by atoms with Gasteiger partial charge in [0.05, 0.1) is 23.7 Å². The molecule has 2 heterocycles. The Morgan fingerprint density at radius 3 is 2.95 bits per heavy atom. The summed E-state index contributed by atoms with van der Waals surface area (Å²) in [5.74, 6) is 0.751. The minimum absolute atomic E-state index is 0.657. The lowest BCUT2D eigenvalue weighted by molar-refractivity contribution is 1.07. The molecule has 0 aliphatic carbocycles. The summed E-state index contributed by atoms with van der Waals surface area (Å²) in [5.41, 5.74) is 2.87. The van der Waals surface area contributed by atoms with Gasteiger partial charge in [-0.25, -0.2) is 4.98 Å². The summed E-state index contributed by atoms with van der Waals surface area (Å²) in [6.45, 7) is 2.91. The Labute approximate surface area is 127 Å². The van der Waals surface area contributed by atoms with Crippen LogP contribution in [-0.4, -0.2) is 4.98 Å². The molecule has 21 heavy (non-hydrogen) atoms. The first-order valence-corrected chi connectivity index (χ1v) is 7.78. The zero-order chi connectivity index (χ0) is 14.7. The molecule has 0 fully saturated rings. The van der Waals surface area contributed by atoms with E-state index in [1.165, 1.54) is 10.4 Å². The number of nitrogens with one attached hydrogen (secondary N) is 1. The molecule has 3 aromatic rings. The third-order valence-electron chi connectivity index (χ3n) is 3.49. The number of fused-ring (bicyclic) bond motifs is 1. The van der Waals surface area contributed by atoms with Gasteiger partial charge in [-0.2, -0.15) is 5.26 Å². The van der Waals surface area contributed by atoms with E-state index >= 15 is 0 Å². The molecular weight excluding hydrogens is 278 g/mol. The Morgan fingerprint density at radius 2 is 2.14 bits per heavy atom. The van der Waals surface area contributed by atoms with Crippen molar-refractivity contribution in [1.29, 1.82) is 5.26 Å². The average molecular weight is 293 g/mol. The van der Waals surface area contributed by atoms with Crippen LogP contribution in [0.4, 0.5) is 5.82 Å². The third kappa shape index (κ3) is 2.74. The van der Waals surface area contributed by atoms with Crippen LogP contribution in [0.1, 0.15) is 22.9 Å². The molecule has 0 aliphatic heterocycles. The number of benzene rings is 1. The molecule has 0 aliphatic rings. The van der Waals surface area contributed by atoms with E-state index in [1.807, 2.05) is 30.3 Å². The van der Waals surface area contributed by atoms with Crippen molar-refractivity contribution in [2.45, 2.75) is 19.9 Å². The summed E-state index contributed by atoms with van der Waals surface area (Å²) >= 11 is 1.75. The number of nitriles is 1. The summed E-state index contributed by atoms with van der Waals surface area (Å²) in [4.78, 5) is 5.91. The van der Waals surface area contributed by atoms with Crippen LogP contribution in [0, 0.1) is 11.3 Å². The van der Waals surface area contributed by atoms with Crippen molar-refractivity contribution in [2.24, 2.45) is 0 Å². The van der Waals surface area contributed by atoms with Crippen LogP contribution in [0.15, 0.2) is 41.8 Å². The van der Waals surface area contributed by atoms with E-state index in [9.17, 15) is 5.26 Å². The van der Waals surface area contributed by atoms with E-state index in [1.54, 1.807) is 11.3 Å². The van der Waals surface area contributed by atoms with Crippen molar-refractivity contribution in [3.63, 3.8) is 0 Å². The molecule has 0 unspecified atom stereocenters. The van der Waals surface area contributed by atoms with Crippen LogP contribution in [0.3, 0.4) is 0 Å². The number of anilines is 1. The molecule has 3 nitrogen and oxygen atoms in total. The SMILES string of the molecule is CCc1ccsc1CNc1cc(C#N)c2ccccc2n1. The Hall–Kier alpha value is -2.38. The summed E-state index contributed by atoms with van der Waals surface area (Å²) in [6.07, 6.45) is 1.04. The number of aryl methyl sites for hydroxylation is 1. The number of rotatable bonds is 4. The lowest BCUT2D eigenvalue weighted by Gasteiger charge is -2.08. The first-order valence-electron chi connectivity index (χ1n) is 6.91. The first kappa shape index (κ1) is 13.6. The molecule has 104 valence electrons. The molecule has 1 N–H and O–H groups in total. The van der Waals surface area contributed by atoms with Gasteiger partial charge in [-0.1, -0.05) is 25.1 Å². The minimum Gasteiger partial charge on any atom is -0.365 e. The van der Waals surface area contributed by atoms with Gasteiger partial charge in [-0.3, -0.25) is 0 Å². The highest BCUT2D eigenvalue weighted by atomic mass is 32.1. The van der Waals surface area contributed by atoms with Gasteiger partial charge in [0.1, 0.15) is 5.82 Å². The standard InChI is InChI=1S/C17H15N3S/c1-2-12-7-8-21-16(12)11-19-17-9-13(10-18)14-5-3-4-6-15(14)20-17/h3-9H,2,11H2,1H3,(H,19,20). The number of pyridine rings is 1. The van der Waals surface area contributed by atoms with Gasteiger partial charge in [0, 0.05) is 10.3 Å². The number of thiophene rings is 1. The highest BCUT2D eigenvalue weighted by Crippen LogP contribution is 2.22. The molecule has 0 bridgehead atoms. The van der Waals surface area contributed by atoms with E-state index in [0.29, 0.717) is 5.56 Å². The third-order valence-corrected chi connectivity index (χ3v) is 4.45. The van der Waals surface area contributed by atoms with Gasteiger partial charge in [0.2, 0.25) is 0 Å². The zero-order valence-corrected chi connectivity index (χ0v) is 12.6. The fraction of sp³-hybridized carbons (Fsp3) is 0.176. The van der Waals surface area contributed by atoms with Crippen molar-refractivity contribution >= 4 is 28.1 Å². The van der Waals surface area contributed by atoms with Gasteiger partial charge in [-0.05, 0) is 35.6 Å². The summed E-state index contributed by atoms with van der Waals surface area (Å²) in [5, 5.41) is 15.6. The molecule has 0 radical (unpaired) electrons. The van der Waals surface area contributed by atoms with E-state index < -0.39 is 0 Å². The van der Waals surface area contributed by atoms with Gasteiger partial charge in [0.25, 0.3) is 0 Å². The van der Waals surface area contributed by atoms with Crippen molar-refractivity contribution in [2.75, 3.05) is 5.32 Å². The molecule has 1 aromatic carbocycles. The molecule has 0 saturated heterocycles. The first-order chi connectivity index (χ1) is 10.3. The molecule has 3 rings (SSSR count). The number of para-hydroxylation sites is 1. The maximum absolute atomic E-state index is 9.29. The Bertz CT molecular complexity index is 814. The van der Waals surface area contributed by atoms with E-state index in [4.69, 9.17) is 0 Å². The van der Waals surface area contributed by atoms with Gasteiger partial charge < -0.3 is 5.32 Å². The van der Waals surface area contributed by atoms with Crippen molar-refractivity contribution < 1.29 is 0 Å². The Kier molecular flexibility index (Phi) is 3.85. The largest absolute Gasteiger partial charge is 0.365 e. The molecular formula is C17H15N3S. The molecule has 0 spiro atoms. The maximum Gasteiger partial charge on any atom is 0.128 e. The predicted molar refractivity (Wildman–Crippen MR) is 87.5 cm³/mol. The molecule has 0 amide bonds. The van der Waals surface area contributed by atoms with E-state index in [0.717, 1.165) is 29.7 Å². The van der Waals surface area contributed by atoms with Crippen LogP contribution in [0.5, 0.6) is 0 Å². The summed E-state index contributed by atoms with van der Waals surface area (Å²) in [7, 11) is 0. The van der Waals surface area contributed by atoms with E-state index in [2.05, 4.69) is 34.7 Å². The Balaban J connectivity index is 1.89. The normalized spacial score (nSPS) is 10.5. The van der Waals surface area contributed by atoms with Gasteiger partial charge in [0.15, 0.2) is 0 Å². The number of nitrogens with zero attached hydrogens (tertiary/aromatic N) is 2.